The minimum Gasteiger partial charge on any atom is -0.493 e. The zero-order valence-electron chi connectivity index (χ0n) is 16.3. The molecule has 0 aliphatic heterocycles. The van der Waals surface area contributed by atoms with Crippen LogP contribution in [0.25, 0.3) is 0 Å². The molecular formula is C21H30N4O2. The summed E-state index contributed by atoms with van der Waals surface area (Å²) in [5.41, 5.74) is 1.14. The standard InChI is InChI=1S/C21H30N4O2/c1-22-21(23-11-14-25-12-5-6-13-25)24-16-17-9-10-19(26-2)20(15-17)27-18-7-3-4-8-18/h5-6,9-10,12-13,15,18H,3-4,7-8,11,14,16H2,1-2H3,(H2,22,23,24). The minimum atomic E-state index is 0.310. The first-order valence-corrected chi connectivity index (χ1v) is 9.67. The van der Waals surface area contributed by atoms with Crippen LogP contribution in [0, 0.1) is 0 Å². The summed E-state index contributed by atoms with van der Waals surface area (Å²) in [4.78, 5) is 4.29. The molecule has 146 valence electrons. The van der Waals surface area contributed by atoms with E-state index in [1.807, 2.05) is 18.2 Å². The van der Waals surface area contributed by atoms with Crippen molar-refractivity contribution in [2.45, 2.75) is 44.9 Å². The van der Waals surface area contributed by atoms with E-state index in [1.165, 1.54) is 12.8 Å². The Morgan fingerprint density at radius 3 is 2.63 bits per heavy atom. The SMILES string of the molecule is CN=C(NCCn1cccc1)NCc1ccc(OC)c(OC2CCCC2)c1. The Kier molecular flexibility index (Phi) is 7.02. The highest BCUT2D eigenvalue weighted by Gasteiger charge is 2.18. The van der Waals surface area contributed by atoms with E-state index in [1.54, 1.807) is 14.2 Å². The molecule has 0 radical (unpaired) electrons. The topological polar surface area (TPSA) is 59.8 Å². The molecule has 1 aromatic heterocycles. The van der Waals surface area contributed by atoms with Gasteiger partial charge in [-0.2, -0.15) is 0 Å². The zero-order valence-corrected chi connectivity index (χ0v) is 16.3. The van der Waals surface area contributed by atoms with Gasteiger partial charge in [0.05, 0.1) is 13.2 Å². The van der Waals surface area contributed by atoms with Gasteiger partial charge in [-0.3, -0.25) is 4.99 Å². The Hall–Kier alpha value is -2.63. The second-order valence-electron chi connectivity index (χ2n) is 6.78. The van der Waals surface area contributed by atoms with Crippen molar-refractivity contribution in [2.75, 3.05) is 20.7 Å². The van der Waals surface area contributed by atoms with E-state index in [0.717, 1.165) is 49.0 Å². The van der Waals surface area contributed by atoms with Gasteiger partial charge in [-0.15, -0.1) is 0 Å². The van der Waals surface area contributed by atoms with Crippen LogP contribution in [0.4, 0.5) is 0 Å². The number of hydrogen-bond acceptors (Lipinski definition) is 3. The zero-order chi connectivity index (χ0) is 18.9. The van der Waals surface area contributed by atoms with Crippen molar-refractivity contribution in [1.29, 1.82) is 0 Å². The molecule has 0 unspecified atom stereocenters. The number of guanidine groups is 1. The van der Waals surface area contributed by atoms with Crippen molar-refractivity contribution in [1.82, 2.24) is 15.2 Å². The van der Waals surface area contributed by atoms with E-state index in [0.29, 0.717) is 12.6 Å². The van der Waals surface area contributed by atoms with Gasteiger partial charge in [-0.05, 0) is 55.5 Å². The largest absolute Gasteiger partial charge is 0.493 e. The van der Waals surface area contributed by atoms with Gasteiger partial charge >= 0.3 is 0 Å². The maximum atomic E-state index is 6.18. The van der Waals surface area contributed by atoms with E-state index >= 15 is 0 Å². The molecule has 1 aromatic carbocycles. The molecule has 1 aliphatic rings. The molecule has 27 heavy (non-hydrogen) atoms. The Balaban J connectivity index is 1.52. The number of rotatable bonds is 8. The summed E-state index contributed by atoms with van der Waals surface area (Å²) in [6.07, 6.45) is 9.18. The minimum absolute atomic E-state index is 0.310. The quantitative estimate of drug-likeness (QED) is 0.553. The van der Waals surface area contributed by atoms with Crippen molar-refractivity contribution in [3.63, 3.8) is 0 Å². The molecule has 1 aliphatic carbocycles. The van der Waals surface area contributed by atoms with Gasteiger partial charge in [-0.1, -0.05) is 6.07 Å². The maximum Gasteiger partial charge on any atom is 0.191 e. The normalized spacial score (nSPS) is 15.0. The third-order valence-electron chi connectivity index (χ3n) is 4.84. The third kappa shape index (κ3) is 5.67. The molecule has 0 saturated heterocycles. The van der Waals surface area contributed by atoms with Crippen molar-refractivity contribution < 1.29 is 9.47 Å². The number of aliphatic imine (C=N–C) groups is 1. The fourth-order valence-electron chi connectivity index (χ4n) is 3.34. The Morgan fingerprint density at radius 1 is 1.15 bits per heavy atom. The van der Waals surface area contributed by atoms with Gasteiger partial charge in [0.15, 0.2) is 17.5 Å². The summed E-state index contributed by atoms with van der Waals surface area (Å²) >= 11 is 0. The average Bonchev–Trinajstić information content (AvgIpc) is 3.39. The van der Waals surface area contributed by atoms with E-state index in [2.05, 4.69) is 44.7 Å². The molecule has 0 atom stereocenters. The van der Waals surface area contributed by atoms with E-state index < -0.39 is 0 Å². The van der Waals surface area contributed by atoms with Gasteiger partial charge < -0.3 is 24.7 Å². The van der Waals surface area contributed by atoms with Gasteiger partial charge in [0.2, 0.25) is 0 Å². The molecular weight excluding hydrogens is 340 g/mol. The number of nitrogens with one attached hydrogen (secondary N) is 2. The van der Waals surface area contributed by atoms with Gasteiger partial charge in [0.1, 0.15) is 0 Å². The van der Waals surface area contributed by atoms with Crippen molar-refractivity contribution in [3.05, 3.63) is 48.3 Å². The molecule has 6 heteroatoms. The van der Waals surface area contributed by atoms with Crippen LogP contribution < -0.4 is 20.1 Å². The van der Waals surface area contributed by atoms with Crippen molar-refractivity contribution in [2.24, 2.45) is 4.99 Å². The fourth-order valence-corrected chi connectivity index (χ4v) is 3.34. The monoisotopic (exact) mass is 370 g/mol. The second kappa shape index (κ2) is 9.90. The Bertz CT molecular complexity index is 722. The molecule has 0 amide bonds. The lowest BCUT2D eigenvalue weighted by molar-refractivity contribution is 0.200. The van der Waals surface area contributed by atoms with Gasteiger partial charge in [-0.25, -0.2) is 0 Å². The van der Waals surface area contributed by atoms with Gasteiger partial charge in [0.25, 0.3) is 0 Å². The molecule has 6 nitrogen and oxygen atoms in total. The molecule has 0 bridgehead atoms. The highest BCUT2D eigenvalue weighted by Crippen LogP contribution is 2.32. The molecule has 1 saturated carbocycles. The number of hydrogen-bond donors (Lipinski definition) is 2. The maximum absolute atomic E-state index is 6.18. The summed E-state index contributed by atoms with van der Waals surface area (Å²) in [5.74, 6) is 2.41. The van der Waals surface area contributed by atoms with Crippen LogP contribution in [0.3, 0.4) is 0 Å². The van der Waals surface area contributed by atoms with Crippen LogP contribution in [0.15, 0.2) is 47.7 Å². The van der Waals surface area contributed by atoms with Crippen LogP contribution in [0.5, 0.6) is 11.5 Å². The third-order valence-corrected chi connectivity index (χ3v) is 4.84. The molecule has 1 fully saturated rings. The van der Waals surface area contributed by atoms with Gasteiger partial charge in [0, 0.05) is 39.1 Å². The lowest BCUT2D eigenvalue weighted by Crippen LogP contribution is -2.38. The van der Waals surface area contributed by atoms with E-state index in [4.69, 9.17) is 9.47 Å². The smallest absolute Gasteiger partial charge is 0.191 e. The predicted molar refractivity (Wildman–Crippen MR) is 109 cm³/mol. The summed E-state index contributed by atoms with van der Waals surface area (Å²) in [5, 5.41) is 6.69. The van der Waals surface area contributed by atoms with E-state index in [9.17, 15) is 0 Å². The van der Waals surface area contributed by atoms with Crippen LogP contribution >= 0.6 is 0 Å². The lowest BCUT2D eigenvalue weighted by Gasteiger charge is -2.17. The predicted octanol–water partition coefficient (Wildman–Crippen LogP) is 3.18. The summed E-state index contributed by atoms with van der Waals surface area (Å²) in [7, 11) is 3.47. The van der Waals surface area contributed by atoms with E-state index in [-0.39, 0.29) is 0 Å². The highest BCUT2D eigenvalue weighted by atomic mass is 16.5. The Labute approximate surface area is 161 Å². The van der Waals surface area contributed by atoms with Crippen LogP contribution in [-0.2, 0) is 13.1 Å². The number of methoxy groups -OCH3 is 1. The summed E-state index contributed by atoms with van der Waals surface area (Å²) in [6, 6.07) is 10.2. The average molecular weight is 370 g/mol. The number of nitrogens with zero attached hydrogens (tertiary/aromatic N) is 2. The first-order chi connectivity index (χ1) is 13.3. The molecule has 2 aromatic rings. The Morgan fingerprint density at radius 2 is 1.93 bits per heavy atom. The van der Waals surface area contributed by atoms with Crippen molar-refractivity contribution in [3.8, 4) is 11.5 Å². The summed E-state index contributed by atoms with van der Waals surface area (Å²) < 4.78 is 13.8. The second-order valence-corrected chi connectivity index (χ2v) is 6.78. The van der Waals surface area contributed by atoms with Crippen LogP contribution in [-0.4, -0.2) is 37.3 Å². The van der Waals surface area contributed by atoms with Crippen LogP contribution in [0.2, 0.25) is 0 Å². The van der Waals surface area contributed by atoms with Crippen LogP contribution in [0.1, 0.15) is 31.2 Å². The number of benzene rings is 1. The highest BCUT2D eigenvalue weighted by molar-refractivity contribution is 5.79. The lowest BCUT2D eigenvalue weighted by atomic mass is 10.2. The number of aromatic nitrogens is 1. The summed E-state index contributed by atoms with van der Waals surface area (Å²) in [6.45, 7) is 2.39. The fraction of sp³-hybridized carbons (Fsp3) is 0.476. The first-order valence-electron chi connectivity index (χ1n) is 9.67. The molecule has 2 N–H and O–H groups in total. The van der Waals surface area contributed by atoms with Crippen molar-refractivity contribution >= 4 is 5.96 Å². The molecule has 0 spiro atoms. The first kappa shape index (κ1) is 19.1. The number of ether oxygens (including phenoxy) is 2. The molecule has 3 rings (SSSR count). The molecule has 1 heterocycles.